The predicted octanol–water partition coefficient (Wildman–Crippen LogP) is 1.46. The third-order valence-electron chi connectivity index (χ3n) is 26.3. The highest BCUT2D eigenvalue weighted by atomic mass is 16.4. The lowest BCUT2D eigenvalue weighted by molar-refractivity contribution is -0.140. The molecule has 1 aliphatic rings. The number of ketones is 8. The van der Waals surface area contributed by atoms with Gasteiger partial charge in [0.05, 0.1) is 85.5 Å². The van der Waals surface area contributed by atoms with Gasteiger partial charge in [0.1, 0.15) is 53.6 Å². The van der Waals surface area contributed by atoms with Crippen molar-refractivity contribution in [2.24, 2.45) is 23.3 Å². The number of carboxylic acid groups (broad SMARTS) is 1. The van der Waals surface area contributed by atoms with Gasteiger partial charge in [-0.2, -0.15) is 0 Å². The Morgan fingerprint density at radius 1 is 0.523 bits per heavy atom. The average Bonchev–Trinajstić information content (AvgIpc) is 1.76. The van der Waals surface area contributed by atoms with Gasteiger partial charge >= 0.3 is 5.97 Å². The highest BCUT2D eigenvalue weighted by Gasteiger charge is 2.43. The molecule has 43 heteroatoms. The maximum atomic E-state index is 15.6. The number of phenolic OH excluding ortho intramolecular Hbond substituents is 1. The van der Waals surface area contributed by atoms with Gasteiger partial charge in [-0.05, 0) is 187 Å². The first-order valence-corrected chi connectivity index (χ1v) is 51.5. The lowest BCUT2D eigenvalue weighted by Gasteiger charge is -2.34. The number of carbonyl (C=O) groups is 20. The molecule has 149 heavy (non-hydrogen) atoms. The zero-order valence-electron chi connectivity index (χ0n) is 89.0. The van der Waals surface area contributed by atoms with Crippen LogP contribution in [0.25, 0.3) is 10.9 Å². The van der Waals surface area contributed by atoms with Crippen LogP contribution >= 0.6 is 0 Å². The number of primary amides is 2. The second kappa shape index (κ2) is 63.4. The minimum atomic E-state index is -2.05. The summed E-state index contributed by atoms with van der Waals surface area (Å²) in [5.74, 6) is -14.8. The van der Waals surface area contributed by atoms with Gasteiger partial charge in [-0.25, -0.2) is 10.9 Å². The van der Waals surface area contributed by atoms with Crippen molar-refractivity contribution in [3.8, 4) is 5.75 Å². The molecule has 4 aromatic rings. The second-order valence-corrected chi connectivity index (χ2v) is 40.8. The minimum absolute atomic E-state index is 0.0332. The van der Waals surface area contributed by atoms with E-state index in [1.807, 2.05) is 39.8 Å². The number of aliphatic carboxylic acids is 1. The Bertz CT molecular complexity index is 5220. The number of aliphatic hydroxyl groups is 1. The van der Waals surface area contributed by atoms with Crippen LogP contribution in [0, 0.1) is 11.8 Å². The van der Waals surface area contributed by atoms with E-state index in [2.05, 4.69) is 95.6 Å². The molecule has 1 aromatic heterocycles. The molecule has 0 bridgehead atoms. The van der Waals surface area contributed by atoms with Crippen LogP contribution in [0.15, 0.2) is 97.2 Å². The molecule has 0 spiro atoms. The van der Waals surface area contributed by atoms with Crippen molar-refractivity contribution < 1.29 is 111 Å². The monoisotopic (exact) mass is 2080 g/mol. The molecule has 11 amide bonds. The number of aromatic nitrogens is 1. The quantitative estimate of drug-likeness (QED) is 0.0220. The normalized spacial score (nSPS) is 21.3. The fraction of sp³-hybridized carbons (Fsp3) is 0.604. The molecule has 2 heterocycles. The highest BCUT2D eigenvalue weighted by Crippen LogP contribution is 2.25. The van der Waals surface area contributed by atoms with Crippen molar-refractivity contribution in [3.05, 3.63) is 114 Å². The summed E-state index contributed by atoms with van der Waals surface area (Å²) in [7, 11) is 0. The number of phenols is 1. The molecule has 1 aliphatic heterocycles. The van der Waals surface area contributed by atoms with Gasteiger partial charge in [-0.15, -0.1) is 0 Å². The number of aromatic amines is 1. The van der Waals surface area contributed by atoms with E-state index in [-0.39, 0.29) is 150 Å². The first-order chi connectivity index (χ1) is 70.1. The molecule has 17 atom stereocenters. The van der Waals surface area contributed by atoms with E-state index in [4.69, 9.17) is 11.5 Å². The number of para-hydroxylation sites is 1. The number of hydrogen-bond donors (Lipinski definition) is 23. The Kier molecular flexibility index (Phi) is 54.0. The summed E-state index contributed by atoms with van der Waals surface area (Å²) >= 11 is 0. The first kappa shape index (κ1) is 127. The number of rotatable bonds is 50. The van der Waals surface area contributed by atoms with Crippen LogP contribution in [0.3, 0.4) is 0 Å². The summed E-state index contributed by atoms with van der Waals surface area (Å²) in [6.07, 6.45) is 3.36. The van der Waals surface area contributed by atoms with Gasteiger partial charge in [0, 0.05) is 95.0 Å². The van der Waals surface area contributed by atoms with Crippen LogP contribution in [-0.4, -0.2) is 284 Å². The Labute approximate surface area is 872 Å². The van der Waals surface area contributed by atoms with Crippen LogP contribution in [0.2, 0.25) is 0 Å². The number of nitrogens with two attached hydrogens (primary N) is 2. The van der Waals surface area contributed by atoms with Gasteiger partial charge in [0.15, 0.2) is 46.3 Å². The maximum Gasteiger partial charge on any atom is 0.303 e. The van der Waals surface area contributed by atoms with Crippen molar-refractivity contribution >= 4 is 128 Å². The third kappa shape index (κ3) is 45.4. The number of aliphatic hydroxyl groups excluding tert-OH is 1. The fourth-order valence-electron chi connectivity index (χ4n) is 16.5. The number of carbonyl (C=O) groups excluding carboxylic acids is 19. The average molecular weight is 2080 g/mol. The van der Waals surface area contributed by atoms with Gasteiger partial charge in [0.2, 0.25) is 65.0 Å². The molecule has 0 aliphatic carbocycles. The second-order valence-electron chi connectivity index (χ2n) is 40.8. The Hall–Kier alpha value is -12.6. The van der Waals surface area contributed by atoms with Crippen LogP contribution in [0.4, 0.5) is 0 Å². The summed E-state index contributed by atoms with van der Waals surface area (Å²) in [5, 5.41) is 74.6. The van der Waals surface area contributed by atoms with E-state index >= 15 is 24.0 Å². The largest absolute Gasteiger partial charge is 0.508 e. The lowest BCUT2D eigenvalue weighted by Crippen LogP contribution is -2.65. The van der Waals surface area contributed by atoms with Crippen LogP contribution < -0.4 is 102 Å². The zero-order valence-corrected chi connectivity index (χ0v) is 89.0. The number of allylic oxidation sites excluding steroid dienone is 2. The molecule has 5 rings (SSSR count). The molecule has 824 valence electrons. The highest BCUT2D eigenvalue weighted by molar-refractivity contribution is 6.05. The first-order valence-electron chi connectivity index (χ1n) is 51.5. The smallest absolute Gasteiger partial charge is 0.303 e. The van der Waals surface area contributed by atoms with Crippen LogP contribution in [-0.2, 0) is 115 Å². The Morgan fingerprint density at radius 3 is 1.67 bits per heavy atom. The zero-order chi connectivity index (χ0) is 111. The van der Waals surface area contributed by atoms with Crippen molar-refractivity contribution in [2.45, 2.75) is 359 Å². The molecule has 3 aromatic carbocycles. The number of H-pyrrole nitrogens is 1. The van der Waals surface area contributed by atoms with Crippen LogP contribution in [0.1, 0.15) is 249 Å². The number of Topliss-reactive ketones (excluding diaryl/α,β-unsaturated/α-hetero) is 8. The van der Waals surface area contributed by atoms with E-state index in [9.17, 15) is 87.2 Å². The molecule has 0 radical (unpaired) electrons. The molecule has 0 fully saturated rings. The van der Waals surface area contributed by atoms with Gasteiger partial charge < -0.3 is 106 Å². The van der Waals surface area contributed by atoms with E-state index in [1.165, 1.54) is 58.9 Å². The molecular formula is C106H162N20O23. The number of carboxylic acids is 1. The molecule has 0 saturated heterocycles. The van der Waals surface area contributed by atoms with Gasteiger partial charge in [0.25, 0.3) is 0 Å². The molecule has 0 unspecified atom stereocenters. The number of nitrogens with one attached hydrogen (secondary N) is 18. The van der Waals surface area contributed by atoms with E-state index in [0.29, 0.717) is 66.1 Å². The molecule has 43 nitrogen and oxygen atoms in total. The van der Waals surface area contributed by atoms with Crippen LogP contribution in [0.5, 0.6) is 5.75 Å². The number of hydrazine groups is 1. The molecule has 0 saturated carbocycles. The molecule has 25 N–H and O–H groups in total. The van der Waals surface area contributed by atoms with E-state index < -0.39 is 234 Å². The van der Waals surface area contributed by atoms with Gasteiger partial charge in [-0.3, -0.25) is 101 Å². The third-order valence-corrected chi connectivity index (χ3v) is 26.3. The van der Waals surface area contributed by atoms with Crippen molar-refractivity contribution in [2.75, 3.05) is 39.3 Å². The summed E-state index contributed by atoms with van der Waals surface area (Å²) in [6, 6.07) is 4.00. The van der Waals surface area contributed by atoms with Crippen molar-refractivity contribution in [1.29, 1.82) is 0 Å². The number of hydrogen-bond acceptors (Lipinski definition) is 30. The predicted molar refractivity (Wildman–Crippen MR) is 559 cm³/mol. The van der Waals surface area contributed by atoms with Crippen molar-refractivity contribution in [3.63, 3.8) is 0 Å². The topological polar surface area (TPSA) is 674 Å². The SMILES string of the molecule is CC(=O)N[C@@H](CC(C)C)C(=O)N[C@H](C(=O)N[C@@H](Cc1ccccc1)C(=O)N[C@]1(C)CCCCCCC=CCCC[C@@](C)(C(=O)CN[C@@H](C)C(=O)CCN[C@@H](C)C(=O)CCN[C@@H](C)C(=O)CCN[C@@H](C)C(=O)CNC(C)(C)C(=O)N[C@H](C)C(N)=O)NC(=O)[C@H](CC(C)C)NN[C@@H](CCC(N)=O)C(=O)CC(=O)[C@H](C)NCC(=O)[C@H](Cc2c[nH]c3ccccc23)NC(=O)[C@H](Cc2ccc(O)cc2)NC(=O)[C@H](CCC(=O)O)NC1=O)[C@@H](C)O. The standard InChI is InChI=1S/C106H162N20O23/c1-61(2)51-80(117-70(12)128)98(144)122-94(69(11)127)101(147)120-82(53-71-31-25-24-26-32-71)99(145)124-106(16)47-30-23-21-19-17-18-20-22-29-46-105(15,91(137)60-113-65(7)86(132)45-49-110-63(5)84(130)43-48-109-64(6)85(131)44-50-111-67(9)89(135)59-115-104(13,14)102(148)116-68(10)95(108)141)123-100(146)83(52-62(3)4)126-125-77(39-41-92(107)138)88(134)56-87(133)66(8)112-58-90(136)79(55-73-57-114-76-34-28-27-33-75(73)76)118-97(143)81(54-72-35-37-74(129)38-36-72)119-96(142)78(121-103(106)149)40-42-93(139)140/h18,20,24-28,31-38,57,61-69,77-83,94,109-115,125-127,129H,17,19,21-23,29-30,39-56,58-60H2,1-16H3,(H2,107,138)(H2,108,141)(H,116,148)(H,117,128)(H,118,143)(H,119,142)(H,120,147)(H,121,149)(H,122,144)(H,123,146)(H,124,145)(H,139,140)/t63-,64-,65-,66-,67-,68+,69+,77-,78-,79-,80-,81-,82-,83-,94-,105-,106+/m0/s1. The number of amides is 11. The lowest BCUT2D eigenvalue weighted by atomic mass is 9.88. The fourth-order valence-corrected chi connectivity index (χ4v) is 16.5. The molecular weight excluding hydrogens is 1920 g/mol. The summed E-state index contributed by atoms with van der Waals surface area (Å²) in [6.45, 7) is 24.2. The van der Waals surface area contributed by atoms with Crippen molar-refractivity contribution in [1.82, 2.24) is 95.6 Å². The maximum absolute atomic E-state index is 15.6. The Morgan fingerprint density at radius 2 is 1.09 bits per heavy atom. The van der Waals surface area contributed by atoms with Gasteiger partial charge in [-0.1, -0.05) is 120 Å². The summed E-state index contributed by atoms with van der Waals surface area (Å²) in [4.78, 5) is 282. The number of aromatic hydroxyl groups is 1. The number of fused-ring (bicyclic) bond motifs is 1. The number of benzene rings is 3. The Balaban J connectivity index is 1.46. The summed E-state index contributed by atoms with van der Waals surface area (Å²) in [5.41, 5.74) is 13.9. The minimum Gasteiger partial charge on any atom is -0.508 e. The summed E-state index contributed by atoms with van der Waals surface area (Å²) < 4.78 is 0. The van der Waals surface area contributed by atoms with E-state index in [0.717, 1.165) is 0 Å². The van der Waals surface area contributed by atoms with E-state index in [1.54, 1.807) is 109 Å².